The third kappa shape index (κ3) is 2.87. The second-order valence-electron chi connectivity index (χ2n) is 7.47. The summed E-state index contributed by atoms with van der Waals surface area (Å²) in [5.74, 6) is 1.93. The maximum Gasteiger partial charge on any atom is 0.341 e. The zero-order valence-corrected chi connectivity index (χ0v) is 15.0. The van der Waals surface area contributed by atoms with Gasteiger partial charge in [0.1, 0.15) is 5.00 Å². The Morgan fingerprint density at radius 3 is 2.83 bits per heavy atom. The van der Waals surface area contributed by atoms with Gasteiger partial charge in [0.2, 0.25) is 5.91 Å². The van der Waals surface area contributed by atoms with Crippen LogP contribution in [0.25, 0.3) is 0 Å². The van der Waals surface area contributed by atoms with E-state index in [0.717, 1.165) is 36.7 Å². The third-order valence-corrected chi connectivity index (χ3v) is 7.19. The van der Waals surface area contributed by atoms with Crippen molar-refractivity contribution in [3.63, 3.8) is 0 Å². The molecule has 24 heavy (non-hydrogen) atoms. The summed E-state index contributed by atoms with van der Waals surface area (Å²) in [6.45, 7) is 2.18. The van der Waals surface area contributed by atoms with E-state index >= 15 is 0 Å². The molecule has 1 N–H and O–H groups in total. The van der Waals surface area contributed by atoms with E-state index in [4.69, 9.17) is 4.74 Å². The normalized spacial score (nSPS) is 27.3. The first-order valence-electron chi connectivity index (χ1n) is 9.27. The number of ether oxygens (including phenoxy) is 1. The molecule has 0 saturated heterocycles. The first-order valence-corrected chi connectivity index (χ1v) is 10.1. The van der Waals surface area contributed by atoms with Crippen molar-refractivity contribution in [2.45, 2.75) is 58.3 Å². The standard InChI is InChI=1S/C19H25NO3S/c1-2-23-19(22)17-14-4-3-5-15(14)24-18(17)20-16(21)10-13-9-11-6-7-12(13)8-11/h11-13H,2-10H2,1H3,(H,20,21)/t11-,12-,13+/m0/s1. The summed E-state index contributed by atoms with van der Waals surface area (Å²) in [7, 11) is 0. The lowest BCUT2D eigenvalue weighted by Crippen LogP contribution is -2.21. The van der Waals surface area contributed by atoms with Gasteiger partial charge in [0, 0.05) is 11.3 Å². The van der Waals surface area contributed by atoms with Crippen LogP contribution in [0, 0.1) is 17.8 Å². The largest absolute Gasteiger partial charge is 0.462 e. The van der Waals surface area contributed by atoms with Crippen LogP contribution in [0.15, 0.2) is 0 Å². The molecule has 4 rings (SSSR count). The van der Waals surface area contributed by atoms with Gasteiger partial charge in [-0.2, -0.15) is 0 Å². The minimum atomic E-state index is -0.285. The van der Waals surface area contributed by atoms with Crippen molar-refractivity contribution >= 4 is 28.2 Å². The molecule has 0 aliphatic heterocycles. The van der Waals surface area contributed by atoms with Gasteiger partial charge in [-0.1, -0.05) is 6.42 Å². The summed E-state index contributed by atoms with van der Waals surface area (Å²) in [6, 6.07) is 0. The second-order valence-corrected chi connectivity index (χ2v) is 8.57. The Morgan fingerprint density at radius 1 is 1.25 bits per heavy atom. The summed E-state index contributed by atoms with van der Waals surface area (Å²) in [6.07, 6.45) is 8.80. The molecule has 2 fully saturated rings. The number of hydrogen-bond acceptors (Lipinski definition) is 4. The number of fused-ring (bicyclic) bond motifs is 3. The van der Waals surface area contributed by atoms with Crippen molar-refractivity contribution in [1.29, 1.82) is 0 Å². The molecule has 2 saturated carbocycles. The molecular formula is C19H25NO3S. The van der Waals surface area contributed by atoms with Crippen LogP contribution >= 0.6 is 11.3 Å². The lowest BCUT2D eigenvalue weighted by molar-refractivity contribution is -0.117. The number of nitrogens with one attached hydrogen (secondary N) is 1. The van der Waals surface area contributed by atoms with E-state index in [0.29, 0.717) is 29.5 Å². The van der Waals surface area contributed by atoms with E-state index in [1.165, 1.54) is 30.6 Å². The fraction of sp³-hybridized carbons (Fsp3) is 0.684. The summed E-state index contributed by atoms with van der Waals surface area (Å²) in [5, 5.41) is 3.76. The summed E-state index contributed by atoms with van der Waals surface area (Å²) >= 11 is 1.57. The predicted octanol–water partition coefficient (Wildman–Crippen LogP) is 4.18. The van der Waals surface area contributed by atoms with Crippen molar-refractivity contribution in [3.8, 4) is 0 Å². The highest BCUT2D eigenvalue weighted by Gasteiger charge is 2.40. The van der Waals surface area contributed by atoms with Crippen LogP contribution in [0.3, 0.4) is 0 Å². The lowest BCUT2D eigenvalue weighted by atomic mass is 9.86. The van der Waals surface area contributed by atoms with Crippen LogP contribution in [0.5, 0.6) is 0 Å². The minimum absolute atomic E-state index is 0.0676. The van der Waals surface area contributed by atoms with Gasteiger partial charge in [-0.25, -0.2) is 4.79 Å². The number of esters is 1. The quantitative estimate of drug-likeness (QED) is 0.813. The van der Waals surface area contributed by atoms with Gasteiger partial charge in [-0.05, 0) is 68.8 Å². The van der Waals surface area contributed by atoms with Gasteiger partial charge >= 0.3 is 5.97 Å². The highest BCUT2D eigenvalue weighted by Crippen LogP contribution is 2.49. The Balaban J connectivity index is 1.47. The van der Waals surface area contributed by atoms with Gasteiger partial charge in [0.05, 0.1) is 12.2 Å². The molecule has 130 valence electrons. The molecule has 4 nitrogen and oxygen atoms in total. The van der Waals surface area contributed by atoms with E-state index < -0.39 is 0 Å². The number of rotatable bonds is 5. The number of carbonyl (C=O) groups excluding carboxylic acids is 2. The molecule has 0 spiro atoms. The topological polar surface area (TPSA) is 55.4 Å². The Bertz CT molecular complexity index is 666. The predicted molar refractivity (Wildman–Crippen MR) is 94.5 cm³/mol. The maximum atomic E-state index is 12.5. The first kappa shape index (κ1) is 16.1. The van der Waals surface area contributed by atoms with E-state index in [2.05, 4.69) is 5.32 Å². The molecule has 3 aliphatic carbocycles. The maximum absolute atomic E-state index is 12.5. The van der Waals surface area contributed by atoms with Gasteiger partial charge in [0.15, 0.2) is 0 Å². The van der Waals surface area contributed by atoms with E-state index in [1.807, 2.05) is 6.92 Å². The van der Waals surface area contributed by atoms with E-state index in [1.54, 1.807) is 11.3 Å². The zero-order valence-electron chi connectivity index (χ0n) is 14.2. The van der Waals surface area contributed by atoms with Gasteiger partial charge in [-0.3, -0.25) is 4.79 Å². The van der Waals surface area contributed by atoms with Crippen LogP contribution in [0.2, 0.25) is 0 Å². The van der Waals surface area contributed by atoms with Crippen molar-refractivity contribution in [2.24, 2.45) is 17.8 Å². The Labute approximate surface area is 147 Å². The number of amides is 1. The summed E-state index contributed by atoms with van der Waals surface area (Å²) in [5.41, 5.74) is 1.73. The molecule has 3 atom stereocenters. The lowest BCUT2D eigenvalue weighted by Gasteiger charge is -2.20. The molecule has 2 bridgehead atoms. The van der Waals surface area contributed by atoms with Crippen LogP contribution < -0.4 is 5.32 Å². The fourth-order valence-electron chi connectivity index (χ4n) is 4.95. The molecular weight excluding hydrogens is 322 g/mol. The summed E-state index contributed by atoms with van der Waals surface area (Å²) < 4.78 is 5.22. The molecule has 1 heterocycles. The number of hydrogen-bond donors (Lipinski definition) is 1. The number of aryl methyl sites for hydroxylation is 1. The fourth-order valence-corrected chi connectivity index (χ4v) is 6.25. The highest BCUT2D eigenvalue weighted by molar-refractivity contribution is 7.17. The van der Waals surface area contributed by atoms with Gasteiger partial charge in [-0.15, -0.1) is 11.3 Å². The Morgan fingerprint density at radius 2 is 2.12 bits per heavy atom. The van der Waals surface area contributed by atoms with Gasteiger partial charge < -0.3 is 10.1 Å². The van der Waals surface area contributed by atoms with Crippen LogP contribution in [0.4, 0.5) is 5.00 Å². The average molecular weight is 347 g/mol. The molecule has 1 amide bonds. The van der Waals surface area contributed by atoms with Crippen molar-refractivity contribution < 1.29 is 14.3 Å². The Kier molecular flexibility index (Phi) is 4.37. The molecule has 1 aromatic heterocycles. The molecule has 0 unspecified atom stereocenters. The monoisotopic (exact) mass is 347 g/mol. The van der Waals surface area contributed by atoms with Crippen LogP contribution in [-0.2, 0) is 22.4 Å². The number of thiophene rings is 1. The van der Waals surface area contributed by atoms with Gasteiger partial charge in [0.25, 0.3) is 0 Å². The summed E-state index contributed by atoms with van der Waals surface area (Å²) in [4.78, 5) is 26.1. The molecule has 0 radical (unpaired) electrons. The smallest absolute Gasteiger partial charge is 0.341 e. The number of carbonyl (C=O) groups is 2. The van der Waals surface area contributed by atoms with Crippen molar-refractivity contribution in [2.75, 3.05) is 11.9 Å². The van der Waals surface area contributed by atoms with Crippen LogP contribution in [-0.4, -0.2) is 18.5 Å². The van der Waals surface area contributed by atoms with Crippen LogP contribution in [0.1, 0.15) is 66.2 Å². The van der Waals surface area contributed by atoms with E-state index in [-0.39, 0.29) is 11.9 Å². The van der Waals surface area contributed by atoms with E-state index in [9.17, 15) is 9.59 Å². The third-order valence-electron chi connectivity index (χ3n) is 5.99. The molecule has 1 aromatic rings. The zero-order chi connectivity index (χ0) is 16.7. The average Bonchev–Trinajstić information content (AvgIpc) is 3.26. The Hall–Kier alpha value is -1.36. The SMILES string of the molecule is CCOC(=O)c1c(NC(=O)C[C@H]2C[C@H]3CC[C@H]2C3)sc2c1CCC2. The second kappa shape index (κ2) is 6.51. The highest BCUT2D eigenvalue weighted by atomic mass is 32.1. The van der Waals surface area contributed by atoms with Crippen molar-refractivity contribution in [3.05, 3.63) is 16.0 Å². The number of anilines is 1. The molecule has 5 heteroatoms. The minimum Gasteiger partial charge on any atom is -0.462 e. The van der Waals surface area contributed by atoms with Crippen molar-refractivity contribution in [1.82, 2.24) is 0 Å². The first-order chi connectivity index (χ1) is 11.7. The molecule has 0 aromatic carbocycles. The molecule has 3 aliphatic rings.